The van der Waals surface area contributed by atoms with Gasteiger partial charge in [0, 0.05) is 18.5 Å². The Morgan fingerprint density at radius 1 is 1.26 bits per heavy atom. The number of hydrogen-bond donors (Lipinski definition) is 1. The van der Waals surface area contributed by atoms with Gasteiger partial charge in [-0.3, -0.25) is 0 Å². The maximum Gasteiger partial charge on any atom is 0.223 e. The first-order chi connectivity index (χ1) is 13.2. The minimum Gasteiger partial charge on any atom is -0.361 e. The normalized spacial score (nSPS) is 20.3. The number of nitroso groups, excluding NO2 is 1. The summed E-state index contributed by atoms with van der Waals surface area (Å²) in [6.45, 7) is 1.93. The molecule has 0 bridgehead atoms. The van der Waals surface area contributed by atoms with Gasteiger partial charge in [0.05, 0.1) is 28.7 Å². The zero-order valence-electron chi connectivity index (χ0n) is 15.4. The Hall–Kier alpha value is -2.83. The SMILES string of the molecule is Cc1onc(C2CCCCC2)c1-c1ccnc(NC2C=CC=C(N=O)C2)n1. The van der Waals surface area contributed by atoms with E-state index >= 15 is 0 Å². The highest BCUT2D eigenvalue weighted by atomic mass is 16.5. The number of anilines is 1. The third kappa shape index (κ3) is 3.82. The lowest BCUT2D eigenvalue weighted by Crippen LogP contribution is -2.20. The summed E-state index contributed by atoms with van der Waals surface area (Å²) >= 11 is 0. The average molecular weight is 365 g/mol. The molecular weight excluding hydrogens is 342 g/mol. The maximum atomic E-state index is 10.8. The van der Waals surface area contributed by atoms with Gasteiger partial charge in [-0.15, -0.1) is 4.91 Å². The van der Waals surface area contributed by atoms with Crippen LogP contribution in [0, 0.1) is 11.8 Å². The van der Waals surface area contributed by atoms with Crippen LogP contribution < -0.4 is 5.32 Å². The van der Waals surface area contributed by atoms with E-state index in [1.807, 2.05) is 25.1 Å². The number of hydrogen-bond acceptors (Lipinski definition) is 7. The Balaban J connectivity index is 1.58. The molecule has 4 rings (SSSR count). The Morgan fingerprint density at radius 3 is 2.93 bits per heavy atom. The molecule has 7 heteroatoms. The third-order valence-corrected chi connectivity index (χ3v) is 5.29. The van der Waals surface area contributed by atoms with Crippen LogP contribution in [0.25, 0.3) is 11.3 Å². The average Bonchev–Trinajstić information content (AvgIpc) is 3.10. The number of allylic oxidation sites excluding steroid dienone is 2. The summed E-state index contributed by atoms with van der Waals surface area (Å²) in [5.41, 5.74) is 3.34. The molecule has 0 amide bonds. The molecule has 1 N–H and O–H groups in total. The van der Waals surface area contributed by atoms with E-state index in [1.165, 1.54) is 19.3 Å². The molecule has 1 atom stereocenters. The van der Waals surface area contributed by atoms with Crippen LogP contribution in [0.5, 0.6) is 0 Å². The molecule has 0 radical (unpaired) electrons. The van der Waals surface area contributed by atoms with Crippen molar-refractivity contribution < 1.29 is 4.52 Å². The van der Waals surface area contributed by atoms with Gasteiger partial charge in [0.25, 0.3) is 0 Å². The van der Waals surface area contributed by atoms with E-state index in [1.54, 1.807) is 12.3 Å². The molecule has 2 aromatic rings. The van der Waals surface area contributed by atoms with Gasteiger partial charge in [0.2, 0.25) is 5.95 Å². The van der Waals surface area contributed by atoms with Crippen LogP contribution in [0.3, 0.4) is 0 Å². The second kappa shape index (κ2) is 7.82. The van der Waals surface area contributed by atoms with Gasteiger partial charge in [-0.2, -0.15) is 0 Å². The van der Waals surface area contributed by atoms with Crippen molar-refractivity contribution in [3.8, 4) is 11.3 Å². The van der Waals surface area contributed by atoms with Crippen molar-refractivity contribution in [3.63, 3.8) is 0 Å². The summed E-state index contributed by atoms with van der Waals surface area (Å²) in [6, 6.07) is 1.84. The third-order valence-electron chi connectivity index (χ3n) is 5.29. The summed E-state index contributed by atoms with van der Waals surface area (Å²) in [4.78, 5) is 19.8. The van der Waals surface area contributed by atoms with Crippen LogP contribution in [-0.2, 0) is 0 Å². The van der Waals surface area contributed by atoms with Gasteiger partial charge in [-0.05, 0) is 37.1 Å². The lowest BCUT2D eigenvalue weighted by Gasteiger charge is -2.20. The number of aromatic nitrogens is 3. The van der Waals surface area contributed by atoms with E-state index in [2.05, 4.69) is 20.6 Å². The van der Waals surface area contributed by atoms with E-state index in [-0.39, 0.29) is 6.04 Å². The summed E-state index contributed by atoms with van der Waals surface area (Å²) < 4.78 is 5.53. The summed E-state index contributed by atoms with van der Waals surface area (Å²) in [7, 11) is 0. The highest BCUT2D eigenvalue weighted by molar-refractivity contribution is 5.65. The fourth-order valence-corrected chi connectivity index (χ4v) is 3.92. The standard InChI is InChI=1S/C20H23N5O2/c1-13-18(19(25-27-13)14-6-3-2-4-7-14)17-10-11-21-20(23-17)22-15-8-5-9-16(12-15)24-26/h5,8-11,14-15H,2-4,6-7,12H2,1H3,(H,21,22,23). The molecule has 0 saturated heterocycles. The molecule has 1 unspecified atom stereocenters. The van der Waals surface area contributed by atoms with Gasteiger partial charge in [-0.25, -0.2) is 9.97 Å². The minimum atomic E-state index is -0.0562. The molecule has 0 aromatic carbocycles. The monoisotopic (exact) mass is 365 g/mol. The van der Waals surface area contributed by atoms with Crippen LogP contribution in [0.2, 0.25) is 0 Å². The molecule has 2 heterocycles. The van der Waals surface area contributed by atoms with E-state index in [0.29, 0.717) is 24.0 Å². The summed E-state index contributed by atoms with van der Waals surface area (Å²) in [5.74, 6) is 1.74. The van der Waals surface area contributed by atoms with Crippen LogP contribution >= 0.6 is 0 Å². The van der Waals surface area contributed by atoms with Crippen molar-refractivity contribution in [2.45, 2.75) is 57.4 Å². The lowest BCUT2D eigenvalue weighted by atomic mass is 9.85. The number of rotatable bonds is 5. The first-order valence-electron chi connectivity index (χ1n) is 9.51. The highest BCUT2D eigenvalue weighted by Crippen LogP contribution is 2.38. The molecule has 0 aliphatic heterocycles. The van der Waals surface area contributed by atoms with Crippen molar-refractivity contribution in [3.05, 3.63) is 52.5 Å². The molecule has 2 aliphatic carbocycles. The van der Waals surface area contributed by atoms with Crippen molar-refractivity contribution in [1.29, 1.82) is 0 Å². The molecule has 0 spiro atoms. The number of aryl methyl sites for hydroxylation is 1. The topological polar surface area (TPSA) is 93.3 Å². The second-order valence-corrected chi connectivity index (χ2v) is 7.19. The van der Waals surface area contributed by atoms with Crippen molar-refractivity contribution in [2.24, 2.45) is 5.18 Å². The smallest absolute Gasteiger partial charge is 0.223 e. The summed E-state index contributed by atoms with van der Waals surface area (Å²) in [5, 5.41) is 10.7. The Morgan fingerprint density at radius 2 is 2.11 bits per heavy atom. The van der Waals surface area contributed by atoms with E-state index in [0.717, 1.165) is 35.6 Å². The van der Waals surface area contributed by atoms with Gasteiger partial charge in [-0.1, -0.05) is 36.6 Å². The van der Waals surface area contributed by atoms with Crippen LogP contribution in [0.1, 0.15) is 55.9 Å². The molecule has 2 aliphatic rings. The second-order valence-electron chi connectivity index (χ2n) is 7.19. The van der Waals surface area contributed by atoms with Crippen molar-refractivity contribution in [2.75, 3.05) is 5.32 Å². The first-order valence-corrected chi connectivity index (χ1v) is 9.51. The largest absolute Gasteiger partial charge is 0.361 e. The van der Waals surface area contributed by atoms with Gasteiger partial charge >= 0.3 is 0 Å². The lowest BCUT2D eigenvalue weighted by molar-refractivity contribution is 0.367. The molecule has 1 saturated carbocycles. The Kier molecular flexibility index (Phi) is 5.09. The molecule has 2 aromatic heterocycles. The minimum absolute atomic E-state index is 0.0562. The Bertz CT molecular complexity index is 880. The fourth-order valence-electron chi connectivity index (χ4n) is 3.92. The Labute approximate surface area is 157 Å². The summed E-state index contributed by atoms with van der Waals surface area (Å²) in [6.07, 6.45) is 13.9. The fraction of sp³-hybridized carbons (Fsp3) is 0.450. The molecule has 7 nitrogen and oxygen atoms in total. The molecule has 1 fully saturated rings. The zero-order chi connectivity index (χ0) is 18.6. The quantitative estimate of drug-likeness (QED) is 0.759. The van der Waals surface area contributed by atoms with Crippen LogP contribution in [0.4, 0.5) is 5.95 Å². The van der Waals surface area contributed by atoms with Crippen molar-refractivity contribution in [1.82, 2.24) is 15.1 Å². The van der Waals surface area contributed by atoms with Gasteiger partial charge in [0.1, 0.15) is 5.76 Å². The number of nitrogens with one attached hydrogen (secondary N) is 1. The molecular formula is C20H23N5O2. The van der Waals surface area contributed by atoms with E-state index in [4.69, 9.17) is 9.51 Å². The first kappa shape index (κ1) is 17.6. The zero-order valence-corrected chi connectivity index (χ0v) is 15.4. The number of nitrogens with zero attached hydrogens (tertiary/aromatic N) is 4. The van der Waals surface area contributed by atoms with Gasteiger partial charge in [0.15, 0.2) is 0 Å². The highest BCUT2D eigenvalue weighted by Gasteiger charge is 2.26. The van der Waals surface area contributed by atoms with Gasteiger partial charge < -0.3 is 9.84 Å². The maximum absolute atomic E-state index is 10.8. The predicted molar refractivity (Wildman–Crippen MR) is 103 cm³/mol. The van der Waals surface area contributed by atoms with E-state index in [9.17, 15) is 4.91 Å². The molecule has 27 heavy (non-hydrogen) atoms. The van der Waals surface area contributed by atoms with Crippen LogP contribution in [0.15, 0.2) is 45.9 Å². The van der Waals surface area contributed by atoms with Crippen LogP contribution in [-0.4, -0.2) is 21.2 Å². The van der Waals surface area contributed by atoms with Crippen molar-refractivity contribution >= 4 is 5.95 Å². The molecule has 140 valence electrons. The predicted octanol–water partition coefficient (Wildman–Crippen LogP) is 4.88. The van der Waals surface area contributed by atoms with E-state index < -0.39 is 0 Å².